The third-order valence-corrected chi connectivity index (χ3v) is 21.3. The fourth-order valence-corrected chi connectivity index (χ4v) is 14.5. The van der Waals surface area contributed by atoms with E-state index in [9.17, 15) is 31.6 Å². The van der Waals surface area contributed by atoms with E-state index < -0.39 is 10.8 Å². The van der Waals surface area contributed by atoms with Crippen molar-refractivity contribution in [3.8, 4) is 105 Å². The van der Waals surface area contributed by atoms with Gasteiger partial charge in [0.2, 0.25) is 17.6 Å². The second kappa shape index (κ2) is 33.1. The number of methoxy groups -OCH3 is 1. The zero-order chi connectivity index (χ0) is 79.8. The molecule has 29 heteroatoms. The van der Waals surface area contributed by atoms with E-state index in [0.29, 0.717) is 86.8 Å². The molecule has 0 N–H and O–H groups in total. The number of fused-ring (bicyclic) bond motifs is 5. The van der Waals surface area contributed by atoms with Gasteiger partial charge in [-0.25, -0.2) is 38.5 Å². The van der Waals surface area contributed by atoms with Crippen molar-refractivity contribution >= 4 is 34.0 Å². The number of hydrogen-bond donors (Lipinski definition) is 0. The fourth-order valence-electron chi connectivity index (χ4n) is 14.5. The summed E-state index contributed by atoms with van der Waals surface area (Å²) in [5.74, 6) is 6.33. The van der Waals surface area contributed by atoms with Crippen LogP contribution in [0.5, 0.6) is 34.9 Å². The number of nitrogens with zero attached hydrogens (tertiary/aromatic N) is 23. The molecule has 2 atom stereocenters. The first-order valence-corrected chi connectivity index (χ1v) is 38.2. The maximum Gasteiger partial charge on any atom is 0.233 e. The summed E-state index contributed by atoms with van der Waals surface area (Å²) in [6.45, 7) is 16.1. The van der Waals surface area contributed by atoms with Gasteiger partial charge >= 0.3 is 0 Å². The standard InChI is InChI=1S/C30H30N8O2.C28H28N8O2.C28H25N7O2/c1-30(2,18-32)19-40-25-9-26(29-22(10-31)13-35-38(29)17-25)21-5-6-27(33-12-21)36-15-23-8-24(16-36)37(23)14-20-4-7-28(39-3)34-11-20;1-19-4-7-26(34-33-19)38-22-8-10-35(11-9-22)25-6-5-20(14-31-25)24-12-23(37-18-28(2,3)17-30)16-36-27(24)21(13-29)15-32-36;29-14-21-16-33-35-17-23(36-19-28(18-30)8-9-28)13-24(27(21)35)20-4-5-25(32-15-20)34-11-6-22(7-12-34)37-26-3-1-2-10-31-26/h4-7,9,11-13,17,23-24H,8,14-16,19H2,1-3H3;4-7,12,14-16,22H,8-11,18H2,1-3H3;1-5,10,13,15-17,22H,6-9,11-12,19H2. The summed E-state index contributed by atoms with van der Waals surface area (Å²) in [4.78, 5) is 32.3. The molecule has 0 amide bonds. The summed E-state index contributed by atoms with van der Waals surface area (Å²) in [7, 11) is 1.63. The van der Waals surface area contributed by atoms with Crippen molar-refractivity contribution < 1.29 is 28.4 Å². The van der Waals surface area contributed by atoms with Crippen LogP contribution >= 0.6 is 0 Å². The first-order chi connectivity index (χ1) is 55.9. The molecule has 17 heterocycles. The van der Waals surface area contributed by atoms with Crippen LogP contribution < -0.4 is 43.1 Å². The van der Waals surface area contributed by atoms with E-state index >= 15 is 0 Å². The topological polar surface area (TPSA) is 353 Å². The second-order valence-corrected chi connectivity index (χ2v) is 30.7. The average molecular weight is 1530 g/mol. The first kappa shape index (κ1) is 76.4. The van der Waals surface area contributed by atoms with Gasteiger partial charge in [-0.1, -0.05) is 12.1 Å². The number of ether oxygens (including phenoxy) is 6. The van der Waals surface area contributed by atoms with Gasteiger partial charge in [-0.3, -0.25) is 4.90 Å². The lowest BCUT2D eigenvalue weighted by Crippen LogP contribution is -2.68. The SMILES string of the molecule is COc1ccc(CN2C3CC2CN(c2ccc(-c4cc(OCC(C)(C)C#N)cn5ncc(C#N)c45)cn2)C3)cn1.Cc1ccc(OC2CCN(c3ccc(-c4cc(OCC(C)(C)C#N)cn5ncc(C#N)c45)cn3)CC2)nn1.N#Cc1cnn2cc(OCC3(C#N)CC3)cc(-c3ccc(N4CCC(Oc5ccccn5)CC4)nc3)c12. The summed E-state index contributed by atoms with van der Waals surface area (Å²) < 4.78 is 40.0. The number of aryl methyl sites for hydroxylation is 1. The van der Waals surface area contributed by atoms with Crippen molar-refractivity contribution in [3.05, 3.63) is 193 Å². The molecule has 2 unspecified atom stereocenters. The summed E-state index contributed by atoms with van der Waals surface area (Å²) in [5, 5.41) is 78.2. The monoisotopic (exact) mass is 1530 g/mol. The minimum absolute atomic E-state index is 0.0934. The van der Waals surface area contributed by atoms with Crippen LogP contribution in [0, 0.1) is 91.2 Å². The molecule has 578 valence electrons. The highest BCUT2D eigenvalue weighted by atomic mass is 16.5. The van der Waals surface area contributed by atoms with Crippen molar-refractivity contribution in [1.82, 2.24) is 68.9 Å². The normalized spacial score (nSPS) is 16.5. The van der Waals surface area contributed by atoms with Crippen LogP contribution in [0.4, 0.5) is 17.5 Å². The van der Waals surface area contributed by atoms with Crippen molar-refractivity contribution in [1.29, 1.82) is 31.6 Å². The quantitative estimate of drug-likeness (QED) is 0.0608. The van der Waals surface area contributed by atoms with E-state index in [2.05, 4.69) is 97.5 Å². The molecule has 6 aliphatic rings. The number of rotatable bonds is 22. The number of piperazine rings is 1. The van der Waals surface area contributed by atoms with Crippen molar-refractivity contribution in [2.75, 3.05) is 80.9 Å². The molecule has 1 aliphatic carbocycles. The van der Waals surface area contributed by atoms with Crippen LogP contribution in [0.1, 0.15) is 101 Å². The van der Waals surface area contributed by atoms with E-state index in [1.807, 2.05) is 150 Å². The highest BCUT2D eigenvalue weighted by Gasteiger charge is 2.46. The van der Waals surface area contributed by atoms with Gasteiger partial charge < -0.3 is 43.1 Å². The summed E-state index contributed by atoms with van der Waals surface area (Å²) >= 11 is 0. The molecule has 0 radical (unpaired) electrons. The van der Waals surface area contributed by atoms with Gasteiger partial charge in [-0.2, -0.15) is 52.0 Å². The van der Waals surface area contributed by atoms with Crippen molar-refractivity contribution in [2.24, 2.45) is 16.2 Å². The molecule has 18 rings (SSSR count). The minimum Gasteiger partial charge on any atom is -0.490 e. The Hall–Kier alpha value is -14.0. The molecule has 29 nitrogen and oxygen atoms in total. The van der Waals surface area contributed by atoms with Gasteiger partial charge in [0, 0.05) is 166 Å². The Labute approximate surface area is 665 Å². The number of hydrogen-bond acceptors (Lipinski definition) is 26. The maximum absolute atomic E-state index is 9.68. The largest absolute Gasteiger partial charge is 0.490 e. The highest BCUT2D eigenvalue weighted by molar-refractivity contribution is 5.87. The smallest absolute Gasteiger partial charge is 0.233 e. The zero-order valence-corrected chi connectivity index (χ0v) is 64.7. The molecule has 2 bridgehead atoms. The van der Waals surface area contributed by atoms with Gasteiger partial charge in [0.25, 0.3) is 0 Å². The second-order valence-electron chi connectivity index (χ2n) is 30.7. The van der Waals surface area contributed by atoms with Gasteiger partial charge in [0.1, 0.15) is 84.9 Å². The number of piperidine rings is 3. The molecule has 5 saturated heterocycles. The molecule has 115 heavy (non-hydrogen) atoms. The molecule has 1 saturated carbocycles. The molecular formula is C86H83N23O6. The van der Waals surface area contributed by atoms with Crippen molar-refractivity contribution in [3.63, 3.8) is 0 Å². The van der Waals surface area contributed by atoms with Crippen molar-refractivity contribution in [2.45, 2.75) is 110 Å². The van der Waals surface area contributed by atoms with Crippen LogP contribution in [0.25, 0.3) is 49.9 Å². The predicted molar refractivity (Wildman–Crippen MR) is 425 cm³/mol. The Kier molecular flexibility index (Phi) is 22.0. The molecule has 0 spiro atoms. The summed E-state index contributed by atoms with van der Waals surface area (Å²) in [5.41, 5.74) is 8.92. The van der Waals surface area contributed by atoms with E-state index in [-0.39, 0.29) is 30.8 Å². The van der Waals surface area contributed by atoms with E-state index in [0.717, 1.165) is 141 Å². The molecule has 5 aliphatic heterocycles. The minimum atomic E-state index is -0.633. The number of nitriles is 6. The van der Waals surface area contributed by atoms with E-state index in [1.54, 1.807) is 57.8 Å². The molecule has 12 aromatic heterocycles. The van der Waals surface area contributed by atoms with E-state index in [1.165, 1.54) is 18.2 Å². The number of pyridine rings is 8. The Morgan fingerprint density at radius 2 is 0.957 bits per heavy atom. The predicted octanol–water partition coefficient (Wildman–Crippen LogP) is 12.8. The summed E-state index contributed by atoms with van der Waals surface area (Å²) in [6.07, 6.45) is 25.7. The van der Waals surface area contributed by atoms with Gasteiger partial charge in [0.15, 0.2) is 0 Å². The number of anilines is 3. The first-order valence-electron chi connectivity index (χ1n) is 38.2. The lowest BCUT2D eigenvalue weighted by atomic mass is 9.87. The Morgan fingerprint density at radius 1 is 0.487 bits per heavy atom. The molecular weight excluding hydrogens is 1450 g/mol. The van der Waals surface area contributed by atoms with Gasteiger partial charge in [-0.05, 0) is 126 Å². The van der Waals surface area contributed by atoms with Gasteiger partial charge in [0.05, 0.1) is 118 Å². The summed E-state index contributed by atoms with van der Waals surface area (Å²) in [6, 6.07) is 45.7. The van der Waals surface area contributed by atoms with Crippen LogP contribution in [0.15, 0.2) is 165 Å². The molecule has 12 aromatic rings. The Balaban J connectivity index is 0.000000136. The lowest BCUT2D eigenvalue weighted by Gasteiger charge is -2.56. The third-order valence-electron chi connectivity index (χ3n) is 21.3. The van der Waals surface area contributed by atoms with Crippen LogP contribution in [-0.4, -0.2) is 159 Å². The molecule has 6 fully saturated rings. The Morgan fingerprint density at radius 3 is 1.35 bits per heavy atom. The fraction of sp³-hybridized carbons (Fsp3) is 0.349. The maximum atomic E-state index is 9.68. The van der Waals surface area contributed by atoms with Crippen LogP contribution in [-0.2, 0) is 6.54 Å². The van der Waals surface area contributed by atoms with Gasteiger partial charge in [-0.15, -0.1) is 5.10 Å². The molecule has 0 aromatic carbocycles. The van der Waals surface area contributed by atoms with Crippen LogP contribution in [0.2, 0.25) is 0 Å². The lowest BCUT2D eigenvalue weighted by molar-refractivity contribution is -0.00876. The number of aromatic nitrogens is 13. The Bertz CT molecular complexity index is 5720. The highest BCUT2D eigenvalue weighted by Crippen LogP contribution is 2.46. The zero-order valence-electron chi connectivity index (χ0n) is 64.7. The third kappa shape index (κ3) is 17.4. The van der Waals surface area contributed by atoms with E-state index in [4.69, 9.17) is 43.4 Å². The van der Waals surface area contributed by atoms with Crippen LogP contribution in [0.3, 0.4) is 0 Å². The average Bonchev–Trinajstić information content (AvgIpc) is 1.74.